The summed E-state index contributed by atoms with van der Waals surface area (Å²) in [5.41, 5.74) is 0.901. The van der Waals surface area contributed by atoms with Crippen LogP contribution in [0.2, 0.25) is 0 Å². The molecular formula is C18H24N4O3. The van der Waals surface area contributed by atoms with Gasteiger partial charge in [0.2, 0.25) is 17.7 Å². The van der Waals surface area contributed by atoms with Crippen LogP contribution in [0.4, 0.5) is 0 Å². The number of piperazine rings is 1. The van der Waals surface area contributed by atoms with Gasteiger partial charge in [-0.3, -0.25) is 9.69 Å². The van der Waals surface area contributed by atoms with Crippen LogP contribution in [0.15, 0.2) is 34.7 Å². The highest BCUT2D eigenvalue weighted by atomic mass is 16.4. The molecule has 1 aromatic carbocycles. The first kappa shape index (κ1) is 17.6. The van der Waals surface area contributed by atoms with Crippen molar-refractivity contribution in [2.24, 2.45) is 0 Å². The summed E-state index contributed by atoms with van der Waals surface area (Å²) in [6.45, 7) is 3.98. The van der Waals surface area contributed by atoms with Crippen molar-refractivity contribution in [3.63, 3.8) is 0 Å². The van der Waals surface area contributed by atoms with E-state index in [1.165, 1.54) is 0 Å². The second kappa shape index (κ2) is 8.73. The van der Waals surface area contributed by atoms with Crippen LogP contribution in [0.3, 0.4) is 0 Å². The molecule has 0 atom stereocenters. The van der Waals surface area contributed by atoms with Gasteiger partial charge in [-0.1, -0.05) is 18.2 Å². The van der Waals surface area contributed by atoms with Crippen LogP contribution in [0, 0.1) is 0 Å². The van der Waals surface area contributed by atoms with Crippen molar-refractivity contribution in [3.8, 4) is 11.5 Å². The zero-order valence-electron chi connectivity index (χ0n) is 14.3. The fourth-order valence-electron chi connectivity index (χ4n) is 2.96. The smallest absolute Gasteiger partial charge is 0.247 e. The molecule has 0 spiro atoms. The van der Waals surface area contributed by atoms with Gasteiger partial charge in [0.25, 0.3) is 0 Å². The molecular weight excluding hydrogens is 320 g/mol. The molecule has 2 heterocycles. The van der Waals surface area contributed by atoms with Crippen LogP contribution < -0.4 is 0 Å². The predicted octanol–water partition coefficient (Wildman–Crippen LogP) is 1.20. The number of benzene rings is 1. The number of hydrogen-bond acceptors (Lipinski definition) is 6. The lowest BCUT2D eigenvalue weighted by Crippen LogP contribution is -2.49. The normalized spacial score (nSPS) is 15.5. The molecule has 1 saturated heterocycles. The van der Waals surface area contributed by atoms with E-state index in [1.54, 1.807) is 0 Å². The first-order valence-electron chi connectivity index (χ1n) is 8.75. The van der Waals surface area contributed by atoms with E-state index in [4.69, 9.17) is 9.52 Å². The topological polar surface area (TPSA) is 82.7 Å². The molecule has 1 aliphatic heterocycles. The number of aromatic nitrogens is 2. The van der Waals surface area contributed by atoms with E-state index in [0.29, 0.717) is 37.6 Å². The summed E-state index contributed by atoms with van der Waals surface area (Å²) in [4.78, 5) is 16.3. The van der Waals surface area contributed by atoms with E-state index in [0.717, 1.165) is 31.7 Å². The number of nitrogens with zero attached hydrogens (tertiary/aromatic N) is 4. The summed E-state index contributed by atoms with van der Waals surface area (Å²) in [5, 5.41) is 17.1. The Morgan fingerprint density at radius 1 is 1.12 bits per heavy atom. The molecule has 7 heteroatoms. The molecule has 134 valence electrons. The van der Waals surface area contributed by atoms with Gasteiger partial charge in [0.1, 0.15) is 0 Å². The maximum atomic E-state index is 12.3. The Balaban J connectivity index is 1.41. The van der Waals surface area contributed by atoms with Crippen LogP contribution in [-0.2, 0) is 11.2 Å². The predicted molar refractivity (Wildman–Crippen MR) is 92.8 cm³/mol. The van der Waals surface area contributed by atoms with Gasteiger partial charge < -0.3 is 14.4 Å². The first-order chi connectivity index (χ1) is 12.3. The maximum Gasteiger partial charge on any atom is 0.247 e. The molecule has 0 bridgehead atoms. The van der Waals surface area contributed by atoms with E-state index in [1.807, 2.05) is 35.2 Å². The summed E-state index contributed by atoms with van der Waals surface area (Å²) in [5.74, 6) is 1.26. The monoisotopic (exact) mass is 344 g/mol. The number of rotatable bonds is 7. The molecule has 0 radical (unpaired) electrons. The lowest BCUT2D eigenvalue weighted by atomic mass is 10.2. The number of carbonyl (C=O) groups is 1. The van der Waals surface area contributed by atoms with Gasteiger partial charge in [-0.15, -0.1) is 10.2 Å². The van der Waals surface area contributed by atoms with Crippen molar-refractivity contribution in [1.82, 2.24) is 20.0 Å². The number of β-amino-alcohol motifs (C(OH)–C–C–N with tert-alkyl or cyclic N) is 1. The molecule has 7 nitrogen and oxygen atoms in total. The second-order valence-electron chi connectivity index (χ2n) is 6.17. The average molecular weight is 344 g/mol. The number of carbonyl (C=O) groups excluding carboxylic acids is 1. The van der Waals surface area contributed by atoms with Crippen molar-refractivity contribution in [3.05, 3.63) is 36.2 Å². The molecule has 1 amide bonds. The highest BCUT2D eigenvalue weighted by Gasteiger charge is 2.20. The summed E-state index contributed by atoms with van der Waals surface area (Å²) < 4.78 is 5.66. The number of aliphatic hydroxyl groups excluding tert-OH is 1. The van der Waals surface area contributed by atoms with E-state index in [9.17, 15) is 4.79 Å². The van der Waals surface area contributed by atoms with E-state index in [2.05, 4.69) is 15.1 Å². The molecule has 0 saturated carbocycles. The minimum Gasteiger partial charge on any atom is -0.421 e. The highest BCUT2D eigenvalue weighted by molar-refractivity contribution is 5.76. The summed E-state index contributed by atoms with van der Waals surface area (Å²) in [7, 11) is 0. The van der Waals surface area contributed by atoms with Gasteiger partial charge in [-0.2, -0.15) is 0 Å². The van der Waals surface area contributed by atoms with E-state index >= 15 is 0 Å². The molecule has 3 rings (SSSR count). The van der Waals surface area contributed by atoms with E-state index in [-0.39, 0.29) is 12.5 Å². The molecule has 1 N–H and O–H groups in total. The number of amides is 1. The van der Waals surface area contributed by atoms with Gasteiger partial charge in [0, 0.05) is 51.1 Å². The molecule has 0 unspecified atom stereocenters. The first-order valence-corrected chi connectivity index (χ1v) is 8.75. The minimum absolute atomic E-state index is 0.170. The minimum atomic E-state index is 0.170. The fraction of sp³-hybridized carbons (Fsp3) is 0.500. The second-order valence-corrected chi connectivity index (χ2v) is 6.17. The number of aliphatic hydroxyl groups is 1. The lowest BCUT2D eigenvalue weighted by molar-refractivity contribution is -0.133. The number of hydrogen-bond donors (Lipinski definition) is 1. The number of aryl methyl sites for hydroxylation is 1. The average Bonchev–Trinajstić information content (AvgIpc) is 3.12. The van der Waals surface area contributed by atoms with E-state index < -0.39 is 0 Å². The molecule has 1 aliphatic rings. The lowest BCUT2D eigenvalue weighted by Gasteiger charge is -2.34. The van der Waals surface area contributed by atoms with Crippen LogP contribution in [0.1, 0.15) is 18.7 Å². The van der Waals surface area contributed by atoms with Crippen LogP contribution in [0.5, 0.6) is 0 Å². The van der Waals surface area contributed by atoms with Crippen molar-refractivity contribution in [1.29, 1.82) is 0 Å². The molecule has 1 fully saturated rings. The summed E-state index contributed by atoms with van der Waals surface area (Å²) in [6, 6.07) is 9.65. The Morgan fingerprint density at radius 3 is 2.60 bits per heavy atom. The fourth-order valence-corrected chi connectivity index (χ4v) is 2.96. The largest absolute Gasteiger partial charge is 0.421 e. The standard InChI is InChI=1S/C18H24N4O3/c23-14-13-21-9-11-22(12-10-21)17(24)8-4-7-16-19-20-18(25-16)15-5-2-1-3-6-15/h1-3,5-6,23H,4,7-14H2. The Bertz CT molecular complexity index is 666. The van der Waals surface area contributed by atoms with Crippen LogP contribution >= 0.6 is 0 Å². The Morgan fingerprint density at radius 2 is 1.88 bits per heavy atom. The van der Waals surface area contributed by atoms with Crippen molar-refractivity contribution < 1.29 is 14.3 Å². The maximum absolute atomic E-state index is 12.3. The summed E-state index contributed by atoms with van der Waals surface area (Å²) >= 11 is 0. The zero-order valence-corrected chi connectivity index (χ0v) is 14.3. The Labute approximate surface area is 147 Å². The van der Waals surface area contributed by atoms with Crippen LogP contribution in [-0.4, -0.2) is 70.3 Å². The Hall–Kier alpha value is -2.25. The molecule has 2 aromatic rings. The van der Waals surface area contributed by atoms with Crippen LogP contribution in [0.25, 0.3) is 11.5 Å². The van der Waals surface area contributed by atoms with Gasteiger partial charge in [-0.25, -0.2) is 0 Å². The van der Waals surface area contributed by atoms with Gasteiger partial charge in [-0.05, 0) is 18.6 Å². The SMILES string of the molecule is O=C(CCCc1nnc(-c2ccccc2)o1)N1CCN(CCO)CC1. The Kier molecular flexibility index (Phi) is 6.14. The third kappa shape index (κ3) is 4.87. The van der Waals surface area contributed by atoms with Crippen molar-refractivity contribution in [2.75, 3.05) is 39.3 Å². The molecule has 0 aliphatic carbocycles. The zero-order chi connectivity index (χ0) is 17.5. The van der Waals surface area contributed by atoms with Gasteiger partial charge in [0.05, 0.1) is 6.61 Å². The van der Waals surface area contributed by atoms with Gasteiger partial charge >= 0.3 is 0 Å². The van der Waals surface area contributed by atoms with Crippen molar-refractivity contribution in [2.45, 2.75) is 19.3 Å². The van der Waals surface area contributed by atoms with Gasteiger partial charge in [0.15, 0.2) is 0 Å². The van der Waals surface area contributed by atoms with Crippen molar-refractivity contribution >= 4 is 5.91 Å². The summed E-state index contributed by atoms with van der Waals surface area (Å²) in [6.07, 6.45) is 1.80. The highest BCUT2D eigenvalue weighted by Crippen LogP contribution is 2.18. The molecule has 1 aromatic heterocycles. The third-order valence-electron chi connectivity index (χ3n) is 4.41. The third-order valence-corrected chi connectivity index (χ3v) is 4.41. The quantitative estimate of drug-likeness (QED) is 0.813. The molecule has 25 heavy (non-hydrogen) atoms.